The third-order valence-electron chi connectivity index (χ3n) is 18.7. The third kappa shape index (κ3) is 19.7. The SMILES string of the molecule is NS(=O)(=O)c1ccc(NC(=O)c2nn(-c3ccc(Cl)cc3Cl)c3c2CCCC/C3=C\c2ccc(Cl)cc2)cc1.O=C(NCc1ccccn1)c1nn(-c2ccc(Cl)cc2Cl)c2c1CCCC/C2=C\c1ccc(Cl)cc1.O=C(NCc1ccncc1)c1nn(-c2ccc(Cl)cc2Cl)c2c1CCCC/C2=C\c1ccc(Cl)cc1. The number of hydrogen-bond acceptors (Lipinski definition) is 10. The molecule has 0 radical (unpaired) electrons. The van der Waals surface area contributed by atoms with Crippen molar-refractivity contribution in [3.63, 3.8) is 0 Å². The number of carbonyl (C=O) groups is 3. The number of anilines is 1. The molecule has 564 valence electrons. The Bertz CT molecular complexity index is 5440. The van der Waals surface area contributed by atoms with Crippen molar-refractivity contribution < 1.29 is 22.8 Å². The fourth-order valence-electron chi connectivity index (χ4n) is 13.4. The second kappa shape index (κ2) is 36.4. The maximum absolute atomic E-state index is 13.5. The van der Waals surface area contributed by atoms with Crippen molar-refractivity contribution >= 4 is 173 Å². The van der Waals surface area contributed by atoms with E-state index in [4.69, 9.17) is 125 Å². The van der Waals surface area contributed by atoms with Crippen LogP contribution in [0.2, 0.25) is 45.2 Å². The first kappa shape index (κ1) is 79.7. The highest BCUT2D eigenvalue weighted by Gasteiger charge is 2.32. The fraction of sp³-hybridized carbons (Fsp3) is 0.167. The number of sulfonamides is 1. The van der Waals surface area contributed by atoms with Crippen LogP contribution in [0, 0.1) is 0 Å². The predicted octanol–water partition coefficient (Wildman–Crippen LogP) is 21.8. The number of pyridine rings is 2. The van der Waals surface area contributed by atoms with Gasteiger partial charge in [-0.3, -0.25) is 24.4 Å². The average molecular weight is 1680 g/mol. The number of amides is 3. The summed E-state index contributed by atoms with van der Waals surface area (Å²) in [7, 11) is -3.85. The molecule has 15 rings (SSSR count). The molecule has 17 nitrogen and oxygen atoms in total. The number of primary sulfonamides is 1. The smallest absolute Gasteiger partial charge is 0.276 e. The van der Waals surface area contributed by atoms with E-state index < -0.39 is 15.9 Å². The highest BCUT2D eigenvalue weighted by Crippen LogP contribution is 2.42. The number of halogens is 9. The number of benzene rings is 7. The Morgan fingerprint density at radius 3 is 1.13 bits per heavy atom. The highest BCUT2D eigenvalue weighted by molar-refractivity contribution is 7.89. The van der Waals surface area contributed by atoms with Crippen molar-refractivity contribution in [3.8, 4) is 17.1 Å². The molecule has 7 aromatic carbocycles. The summed E-state index contributed by atoms with van der Waals surface area (Å²) in [5, 5.41) is 33.3. The summed E-state index contributed by atoms with van der Waals surface area (Å²) >= 11 is 56.6. The molecule has 5 aromatic heterocycles. The molecule has 0 unspecified atom stereocenters. The molecule has 3 amide bonds. The van der Waals surface area contributed by atoms with Crippen molar-refractivity contribution in [2.45, 2.75) is 95.0 Å². The molecule has 12 aromatic rings. The van der Waals surface area contributed by atoms with Gasteiger partial charge in [0.15, 0.2) is 17.1 Å². The van der Waals surface area contributed by atoms with Gasteiger partial charge in [0.25, 0.3) is 17.7 Å². The van der Waals surface area contributed by atoms with E-state index in [1.54, 1.807) is 75.1 Å². The number of rotatable bonds is 15. The molecule has 0 spiro atoms. The largest absolute Gasteiger partial charge is 0.347 e. The maximum atomic E-state index is 13.5. The number of nitrogens with one attached hydrogen (secondary N) is 3. The van der Waals surface area contributed by atoms with E-state index in [0.717, 1.165) is 149 Å². The zero-order chi connectivity index (χ0) is 77.9. The molecule has 5 heterocycles. The molecule has 0 atom stereocenters. The van der Waals surface area contributed by atoms with Gasteiger partial charge in [-0.2, -0.15) is 15.3 Å². The summed E-state index contributed by atoms with van der Waals surface area (Å²) in [6.07, 6.45) is 21.8. The topological polar surface area (TPSA) is 227 Å². The molecule has 3 aliphatic rings. The Hall–Kier alpha value is -9.38. The first-order valence-electron chi connectivity index (χ1n) is 35.5. The zero-order valence-electron chi connectivity index (χ0n) is 59.2. The molecule has 111 heavy (non-hydrogen) atoms. The van der Waals surface area contributed by atoms with Crippen LogP contribution < -0.4 is 21.1 Å². The molecular weight excluding hydrogens is 1610 g/mol. The second-order valence-electron chi connectivity index (χ2n) is 26.4. The van der Waals surface area contributed by atoms with Crippen LogP contribution in [0.15, 0.2) is 205 Å². The lowest BCUT2D eigenvalue weighted by atomic mass is 10.0. The summed E-state index contributed by atoms with van der Waals surface area (Å²) in [6, 6.07) is 53.7. The van der Waals surface area contributed by atoms with Crippen LogP contribution in [0.25, 0.3) is 52.0 Å². The van der Waals surface area contributed by atoms with Crippen molar-refractivity contribution in [1.82, 2.24) is 49.9 Å². The highest BCUT2D eigenvalue weighted by atomic mass is 35.5. The average Bonchev–Trinajstić information content (AvgIpc) is 1.62. The summed E-state index contributed by atoms with van der Waals surface area (Å²) in [5.74, 6) is -0.890. The van der Waals surface area contributed by atoms with Gasteiger partial charge >= 0.3 is 0 Å². The molecule has 5 N–H and O–H groups in total. The van der Waals surface area contributed by atoms with E-state index >= 15 is 0 Å². The van der Waals surface area contributed by atoms with Crippen LogP contribution in [0.3, 0.4) is 0 Å². The summed E-state index contributed by atoms with van der Waals surface area (Å²) in [5.41, 5.74) is 16.6. The van der Waals surface area contributed by atoms with E-state index in [9.17, 15) is 22.8 Å². The summed E-state index contributed by atoms with van der Waals surface area (Å²) in [6.45, 7) is 0.703. The number of hydrogen-bond donors (Lipinski definition) is 4. The Labute approximate surface area is 687 Å². The number of nitrogens with two attached hydrogens (primary N) is 1. The second-order valence-corrected chi connectivity index (χ2v) is 31.8. The minimum Gasteiger partial charge on any atom is -0.347 e. The van der Waals surface area contributed by atoms with E-state index in [0.29, 0.717) is 98.9 Å². The number of nitrogens with zero attached hydrogens (tertiary/aromatic N) is 8. The third-order valence-corrected chi connectivity index (χ3v) is 22.0. The van der Waals surface area contributed by atoms with Gasteiger partial charge in [0, 0.05) is 77.6 Å². The molecule has 0 fully saturated rings. The normalized spacial score (nSPS) is 14.5. The van der Waals surface area contributed by atoms with E-state index in [1.165, 1.54) is 24.3 Å². The number of aromatic nitrogens is 8. The van der Waals surface area contributed by atoms with Crippen LogP contribution in [0.4, 0.5) is 5.69 Å². The lowest BCUT2D eigenvalue weighted by Gasteiger charge is -2.13. The Morgan fingerprint density at radius 1 is 0.405 bits per heavy atom. The first-order valence-corrected chi connectivity index (χ1v) is 40.4. The molecule has 0 saturated heterocycles. The summed E-state index contributed by atoms with van der Waals surface area (Å²) < 4.78 is 28.5. The van der Waals surface area contributed by atoms with Gasteiger partial charge in [0.1, 0.15) is 0 Å². The van der Waals surface area contributed by atoms with Crippen LogP contribution >= 0.6 is 104 Å². The van der Waals surface area contributed by atoms with Crippen LogP contribution in [0.1, 0.15) is 151 Å². The van der Waals surface area contributed by atoms with Gasteiger partial charge in [-0.1, -0.05) is 147 Å². The molecule has 3 aliphatic carbocycles. The molecule has 0 bridgehead atoms. The Kier molecular flexibility index (Phi) is 26.1. The molecule has 0 saturated carbocycles. The van der Waals surface area contributed by atoms with Crippen molar-refractivity contribution in [2.24, 2.45) is 5.14 Å². The maximum Gasteiger partial charge on any atom is 0.276 e. The number of allylic oxidation sites excluding steroid dienone is 3. The Balaban J connectivity index is 0.000000146. The molecular formula is C84H69Cl9N12O5S. The van der Waals surface area contributed by atoms with E-state index in [-0.39, 0.29) is 22.4 Å². The van der Waals surface area contributed by atoms with Gasteiger partial charge in [-0.15, -0.1) is 0 Å². The van der Waals surface area contributed by atoms with Crippen LogP contribution in [-0.4, -0.2) is 65.4 Å². The zero-order valence-corrected chi connectivity index (χ0v) is 66.8. The van der Waals surface area contributed by atoms with Crippen LogP contribution in [0.5, 0.6) is 0 Å². The fourth-order valence-corrected chi connectivity index (χ4v) is 15.8. The Morgan fingerprint density at radius 2 is 0.766 bits per heavy atom. The van der Waals surface area contributed by atoms with Gasteiger partial charge in [-0.25, -0.2) is 27.6 Å². The van der Waals surface area contributed by atoms with Gasteiger partial charge < -0.3 is 16.0 Å². The lowest BCUT2D eigenvalue weighted by Crippen LogP contribution is -2.25. The van der Waals surface area contributed by atoms with E-state index in [2.05, 4.69) is 44.1 Å². The first-order chi connectivity index (χ1) is 53.6. The standard InChI is InChI=1S/C28H23Cl3N4O3S.2C28H23Cl3N4O/c29-19-7-5-17(6-8-19)15-18-3-1-2-4-23-26(28(36)33-21-10-12-22(13-11-21)39(32,37)38)34-35(27(18)23)25-14-9-20(30)16-24(25)31;29-20-10-8-18(9-11-20)15-19-5-1-2-7-23-26(28(36)33-17-22-6-3-4-14-32-22)34-35(27(19)23)25-13-12-21(30)16-24(25)31;29-21-7-5-18(6-8-21)15-20-3-1-2-4-23-26(28(36)33-17-19-11-13-32-14-12-19)34-35(27(20)23)25-10-9-22(30)16-24(25)31/h5-16H,1-4H2,(H,33,36)(H2,32,37,38);3-4,6,8-16H,1-2,5,7,17H2,(H,33,36);5-16H,1-4,17H2,(H,33,36)/b18-15+;19-15+;20-15+. The van der Waals surface area contributed by atoms with Crippen LogP contribution in [-0.2, 0) is 42.4 Å². The monoisotopic (exact) mass is 1670 g/mol. The van der Waals surface area contributed by atoms with E-state index in [1.807, 2.05) is 115 Å². The van der Waals surface area contributed by atoms with Crippen molar-refractivity contribution in [3.05, 3.63) is 325 Å². The lowest BCUT2D eigenvalue weighted by molar-refractivity contribution is 0.0936. The minimum atomic E-state index is -3.85. The van der Waals surface area contributed by atoms with Gasteiger partial charge in [0.2, 0.25) is 10.0 Å². The minimum absolute atomic E-state index is 0.0481. The van der Waals surface area contributed by atoms with Crippen molar-refractivity contribution in [2.75, 3.05) is 5.32 Å². The molecule has 0 aliphatic heterocycles. The molecule has 27 heteroatoms. The van der Waals surface area contributed by atoms with Gasteiger partial charge in [-0.05, 0) is 274 Å². The predicted molar refractivity (Wildman–Crippen MR) is 448 cm³/mol. The number of fused-ring (bicyclic) bond motifs is 3. The summed E-state index contributed by atoms with van der Waals surface area (Å²) in [4.78, 5) is 48.6. The van der Waals surface area contributed by atoms with Gasteiger partial charge in [0.05, 0.1) is 66.3 Å². The number of carbonyl (C=O) groups excluding carboxylic acids is 3. The quantitative estimate of drug-likeness (QED) is 0.0710. The van der Waals surface area contributed by atoms with Crippen molar-refractivity contribution in [1.29, 1.82) is 0 Å².